The van der Waals surface area contributed by atoms with Crippen LogP contribution in [0.15, 0.2) is 0 Å². The van der Waals surface area contributed by atoms with E-state index in [2.05, 4.69) is 0 Å². The Bertz CT molecular complexity index is 381. The Morgan fingerprint density at radius 1 is 1.16 bits per heavy atom. The van der Waals surface area contributed by atoms with Gasteiger partial charge in [0.15, 0.2) is 0 Å². The zero-order chi connectivity index (χ0) is 18.0. The van der Waals surface area contributed by atoms with Crippen LogP contribution in [0.5, 0.6) is 0 Å². The lowest BCUT2D eigenvalue weighted by atomic mass is 9.82. The van der Waals surface area contributed by atoms with Crippen molar-refractivity contribution in [1.82, 2.24) is 0 Å². The van der Waals surface area contributed by atoms with Gasteiger partial charge in [0, 0.05) is 7.11 Å². The lowest BCUT2D eigenvalue weighted by Gasteiger charge is -2.39. The summed E-state index contributed by atoms with van der Waals surface area (Å²) in [6.45, 7) is 4.42. The first-order valence-electron chi connectivity index (χ1n) is 9.02. The predicted octanol–water partition coefficient (Wildman–Crippen LogP) is 0.715. The molecule has 8 nitrogen and oxygen atoms in total. The fourth-order valence-corrected chi connectivity index (χ4v) is 3.13. The number of hydrogen-bond donors (Lipinski definition) is 2. The van der Waals surface area contributed by atoms with E-state index in [0.29, 0.717) is 65.7 Å². The van der Waals surface area contributed by atoms with Gasteiger partial charge in [-0.3, -0.25) is 5.41 Å². The molecule has 1 saturated heterocycles. The highest BCUT2D eigenvalue weighted by Gasteiger charge is 2.39. The van der Waals surface area contributed by atoms with Crippen molar-refractivity contribution < 1.29 is 28.4 Å². The number of nitrogens with one attached hydrogen (secondary N) is 1. The molecule has 1 atom stereocenters. The molecule has 1 unspecified atom stereocenters. The van der Waals surface area contributed by atoms with Crippen LogP contribution in [-0.4, -0.2) is 83.6 Å². The quantitative estimate of drug-likeness (QED) is 0.318. The van der Waals surface area contributed by atoms with E-state index in [0.717, 1.165) is 12.8 Å². The first-order chi connectivity index (χ1) is 12.2. The Balaban J connectivity index is 1.67. The van der Waals surface area contributed by atoms with Gasteiger partial charge < -0.3 is 34.2 Å². The first-order valence-corrected chi connectivity index (χ1v) is 9.02. The number of rotatable bonds is 11. The normalized spacial score (nSPS) is 30.3. The minimum absolute atomic E-state index is 0.0220. The van der Waals surface area contributed by atoms with Crippen LogP contribution in [0.1, 0.15) is 25.7 Å². The minimum atomic E-state index is -0.686. The maximum atomic E-state index is 7.93. The smallest absolute Gasteiger partial charge is 0.125 e. The molecule has 1 aliphatic heterocycles. The molecule has 8 heteroatoms. The van der Waals surface area contributed by atoms with Crippen LogP contribution in [0.25, 0.3) is 0 Å². The Morgan fingerprint density at radius 2 is 1.92 bits per heavy atom. The zero-order valence-corrected chi connectivity index (χ0v) is 15.2. The minimum Gasteiger partial charge on any atom is -0.385 e. The van der Waals surface area contributed by atoms with Crippen molar-refractivity contribution in [2.75, 3.05) is 60.0 Å². The molecule has 3 N–H and O–H groups in total. The van der Waals surface area contributed by atoms with Gasteiger partial charge in [0.05, 0.1) is 59.0 Å². The number of ether oxygens (including phenoxy) is 6. The Labute approximate surface area is 149 Å². The van der Waals surface area contributed by atoms with E-state index >= 15 is 0 Å². The Hall–Kier alpha value is -0.770. The van der Waals surface area contributed by atoms with Crippen LogP contribution in [0.2, 0.25) is 0 Å². The van der Waals surface area contributed by atoms with Gasteiger partial charge in [-0.05, 0) is 25.7 Å². The molecule has 2 aliphatic rings. The number of hydrogen-bond acceptors (Lipinski definition) is 7. The molecule has 0 amide bonds. The second-order valence-electron chi connectivity index (χ2n) is 6.46. The molecule has 0 spiro atoms. The summed E-state index contributed by atoms with van der Waals surface area (Å²) in [6.07, 6.45) is 3.18. The Kier molecular flexibility index (Phi) is 9.08. The van der Waals surface area contributed by atoms with E-state index in [1.54, 1.807) is 7.11 Å². The molecular formula is C17H32N2O6. The standard InChI is InChI=1S/C17H32N2O6/c1-20-6-7-21-9-11-25-17(16(18)19)4-2-14(3-5-17)24-13-15-12-22-8-10-23-15/h14-15H,2-13H2,1H3,(H3,18,19). The summed E-state index contributed by atoms with van der Waals surface area (Å²) >= 11 is 0. The Morgan fingerprint density at radius 3 is 2.56 bits per heavy atom. The molecule has 25 heavy (non-hydrogen) atoms. The highest BCUT2D eigenvalue weighted by atomic mass is 16.6. The molecule has 146 valence electrons. The molecular weight excluding hydrogens is 328 g/mol. The van der Waals surface area contributed by atoms with Crippen LogP contribution < -0.4 is 5.73 Å². The number of methoxy groups -OCH3 is 1. The monoisotopic (exact) mass is 360 g/mol. The van der Waals surface area contributed by atoms with Crippen molar-refractivity contribution in [3.63, 3.8) is 0 Å². The topological polar surface area (TPSA) is 105 Å². The first kappa shape index (κ1) is 20.5. The van der Waals surface area contributed by atoms with E-state index < -0.39 is 5.60 Å². The summed E-state index contributed by atoms with van der Waals surface area (Å²) in [5.74, 6) is 0.0897. The largest absolute Gasteiger partial charge is 0.385 e. The zero-order valence-electron chi connectivity index (χ0n) is 15.2. The van der Waals surface area contributed by atoms with Crippen molar-refractivity contribution in [1.29, 1.82) is 5.41 Å². The van der Waals surface area contributed by atoms with Gasteiger partial charge in [0.1, 0.15) is 17.5 Å². The summed E-state index contributed by atoms with van der Waals surface area (Å²) in [4.78, 5) is 0. The van der Waals surface area contributed by atoms with Crippen molar-refractivity contribution in [3.05, 3.63) is 0 Å². The van der Waals surface area contributed by atoms with E-state index in [4.69, 9.17) is 39.6 Å². The second kappa shape index (κ2) is 11.1. The predicted molar refractivity (Wildman–Crippen MR) is 92.1 cm³/mol. The molecule has 2 rings (SSSR count). The average Bonchev–Trinajstić information content (AvgIpc) is 2.64. The molecule has 0 aromatic rings. The van der Waals surface area contributed by atoms with E-state index in [-0.39, 0.29) is 18.0 Å². The molecule has 0 radical (unpaired) electrons. The maximum absolute atomic E-state index is 7.93. The summed E-state index contributed by atoms with van der Waals surface area (Å²) in [5, 5.41) is 7.93. The third kappa shape index (κ3) is 6.80. The van der Waals surface area contributed by atoms with Gasteiger partial charge in [-0.1, -0.05) is 0 Å². The molecule has 0 aromatic carbocycles. The van der Waals surface area contributed by atoms with Crippen LogP contribution in [-0.2, 0) is 28.4 Å². The van der Waals surface area contributed by atoms with Gasteiger partial charge >= 0.3 is 0 Å². The van der Waals surface area contributed by atoms with E-state index in [1.807, 2.05) is 0 Å². The molecule has 1 saturated carbocycles. The van der Waals surface area contributed by atoms with E-state index in [1.165, 1.54) is 0 Å². The van der Waals surface area contributed by atoms with Crippen LogP contribution in [0.4, 0.5) is 0 Å². The number of amidine groups is 1. The third-order valence-electron chi connectivity index (χ3n) is 4.67. The van der Waals surface area contributed by atoms with Gasteiger partial charge in [-0.2, -0.15) is 0 Å². The van der Waals surface area contributed by atoms with Crippen molar-refractivity contribution in [2.24, 2.45) is 5.73 Å². The van der Waals surface area contributed by atoms with E-state index in [9.17, 15) is 0 Å². The molecule has 1 heterocycles. The average molecular weight is 360 g/mol. The second-order valence-corrected chi connectivity index (χ2v) is 6.46. The fourth-order valence-electron chi connectivity index (χ4n) is 3.13. The lowest BCUT2D eigenvalue weighted by molar-refractivity contribution is -0.135. The van der Waals surface area contributed by atoms with Crippen molar-refractivity contribution in [3.8, 4) is 0 Å². The fraction of sp³-hybridized carbons (Fsp3) is 0.941. The maximum Gasteiger partial charge on any atom is 0.125 e. The van der Waals surface area contributed by atoms with Gasteiger partial charge in [-0.15, -0.1) is 0 Å². The van der Waals surface area contributed by atoms with Crippen molar-refractivity contribution in [2.45, 2.75) is 43.5 Å². The highest BCUT2D eigenvalue weighted by Crippen LogP contribution is 2.33. The van der Waals surface area contributed by atoms with Crippen LogP contribution in [0.3, 0.4) is 0 Å². The lowest BCUT2D eigenvalue weighted by Crippen LogP contribution is -2.50. The number of nitrogens with two attached hydrogens (primary N) is 1. The van der Waals surface area contributed by atoms with Crippen molar-refractivity contribution >= 4 is 5.84 Å². The summed E-state index contributed by atoms with van der Waals surface area (Å²) in [7, 11) is 1.64. The van der Waals surface area contributed by atoms with Crippen LogP contribution >= 0.6 is 0 Å². The SMILES string of the molecule is COCCOCCOC1(C(=N)N)CCC(OCC2COCCO2)CC1. The summed E-state index contributed by atoms with van der Waals surface area (Å²) in [5.41, 5.74) is 5.14. The molecule has 0 bridgehead atoms. The summed E-state index contributed by atoms with van der Waals surface area (Å²) < 4.78 is 33.2. The van der Waals surface area contributed by atoms with Gasteiger partial charge in [0.25, 0.3) is 0 Å². The molecule has 1 aliphatic carbocycles. The highest BCUT2D eigenvalue weighted by molar-refractivity contribution is 5.86. The third-order valence-corrected chi connectivity index (χ3v) is 4.67. The van der Waals surface area contributed by atoms with Gasteiger partial charge in [-0.25, -0.2) is 0 Å². The van der Waals surface area contributed by atoms with Gasteiger partial charge in [0.2, 0.25) is 0 Å². The van der Waals surface area contributed by atoms with Crippen LogP contribution in [0, 0.1) is 5.41 Å². The molecule has 2 fully saturated rings. The summed E-state index contributed by atoms with van der Waals surface area (Å²) in [6, 6.07) is 0. The molecule has 0 aromatic heterocycles.